The zero-order chi connectivity index (χ0) is 10.9. The summed E-state index contributed by atoms with van der Waals surface area (Å²) in [5.74, 6) is 2.03. The van der Waals surface area contributed by atoms with Crippen molar-refractivity contribution >= 4 is 5.78 Å². The van der Waals surface area contributed by atoms with E-state index in [9.17, 15) is 4.79 Å². The smallest absolute Gasteiger partial charge is 0.138 e. The maximum Gasteiger partial charge on any atom is 0.138 e. The lowest BCUT2D eigenvalue weighted by Gasteiger charge is -2.43. The number of rotatable bonds is 1. The highest BCUT2D eigenvalue weighted by Gasteiger charge is 2.40. The molecule has 2 nitrogen and oxygen atoms in total. The van der Waals surface area contributed by atoms with E-state index < -0.39 is 0 Å². The van der Waals surface area contributed by atoms with Crippen molar-refractivity contribution in [1.82, 2.24) is 0 Å². The van der Waals surface area contributed by atoms with Gasteiger partial charge < -0.3 is 4.74 Å². The molecular weight excluding hydrogens is 188 g/mol. The molecule has 1 saturated carbocycles. The van der Waals surface area contributed by atoms with Crippen LogP contribution in [0.1, 0.15) is 52.4 Å². The first-order valence-electron chi connectivity index (χ1n) is 6.27. The van der Waals surface area contributed by atoms with Crippen LogP contribution in [-0.4, -0.2) is 18.0 Å². The number of hydrogen-bond acceptors (Lipinski definition) is 2. The summed E-state index contributed by atoms with van der Waals surface area (Å²) in [7, 11) is 0. The Labute approximate surface area is 92.4 Å². The predicted octanol–water partition coefficient (Wildman–Crippen LogP) is 2.95. The number of ether oxygens (including phenoxy) is 1. The highest BCUT2D eigenvalue weighted by Crippen LogP contribution is 2.41. The van der Waals surface area contributed by atoms with Crippen LogP contribution in [0.15, 0.2) is 0 Å². The van der Waals surface area contributed by atoms with Gasteiger partial charge in [0.15, 0.2) is 0 Å². The standard InChI is InChI=1S/C13H22O2/c1-10(2)11-3-6-13(7-4-11)9-12(14)5-8-15-13/h10-11H,3-9H2,1-2H3. The van der Waals surface area contributed by atoms with Crippen molar-refractivity contribution in [2.75, 3.05) is 6.61 Å². The zero-order valence-corrected chi connectivity index (χ0v) is 9.92. The van der Waals surface area contributed by atoms with Crippen molar-refractivity contribution in [3.05, 3.63) is 0 Å². The Kier molecular flexibility index (Phi) is 3.15. The van der Waals surface area contributed by atoms with Crippen molar-refractivity contribution in [3.8, 4) is 0 Å². The molecule has 2 rings (SSSR count). The molecule has 0 unspecified atom stereocenters. The minimum Gasteiger partial charge on any atom is -0.374 e. The summed E-state index contributed by atoms with van der Waals surface area (Å²) in [5, 5.41) is 0. The number of carbonyl (C=O) groups excluding carboxylic acids is 1. The lowest BCUT2D eigenvalue weighted by Crippen LogP contribution is -2.43. The van der Waals surface area contributed by atoms with Crippen molar-refractivity contribution in [1.29, 1.82) is 0 Å². The molecule has 0 bridgehead atoms. The third-order valence-corrected chi connectivity index (χ3v) is 4.19. The molecule has 2 heteroatoms. The Morgan fingerprint density at radius 2 is 2.00 bits per heavy atom. The normalized spacial score (nSPS) is 37.5. The van der Waals surface area contributed by atoms with E-state index >= 15 is 0 Å². The van der Waals surface area contributed by atoms with Gasteiger partial charge in [0.2, 0.25) is 0 Å². The van der Waals surface area contributed by atoms with Gasteiger partial charge in [0, 0.05) is 12.8 Å². The maximum absolute atomic E-state index is 11.5. The molecule has 0 aromatic carbocycles. The molecule has 1 aliphatic heterocycles. The Bertz CT molecular complexity index is 237. The summed E-state index contributed by atoms with van der Waals surface area (Å²) in [5.41, 5.74) is -0.0548. The molecule has 2 fully saturated rings. The van der Waals surface area contributed by atoms with E-state index in [-0.39, 0.29) is 5.60 Å². The van der Waals surface area contributed by atoms with Crippen LogP contribution in [0.3, 0.4) is 0 Å². The van der Waals surface area contributed by atoms with E-state index in [2.05, 4.69) is 13.8 Å². The largest absolute Gasteiger partial charge is 0.374 e. The van der Waals surface area contributed by atoms with E-state index in [0.29, 0.717) is 25.2 Å². The zero-order valence-electron chi connectivity index (χ0n) is 9.92. The van der Waals surface area contributed by atoms with Gasteiger partial charge in [-0.05, 0) is 37.5 Å². The van der Waals surface area contributed by atoms with Crippen molar-refractivity contribution in [2.45, 2.75) is 58.0 Å². The second kappa shape index (κ2) is 4.25. The Morgan fingerprint density at radius 1 is 1.33 bits per heavy atom. The first kappa shape index (κ1) is 11.1. The van der Waals surface area contributed by atoms with Crippen LogP contribution in [0.25, 0.3) is 0 Å². The highest BCUT2D eigenvalue weighted by atomic mass is 16.5. The Balaban J connectivity index is 1.93. The molecule has 0 radical (unpaired) electrons. The van der Waals surface area contributed by atoms with Crippen molar-refractivity contribution in [3.63, 3.8) is 0 Å². The van der Waals surface area contributed by atoms with Gasteiger partial charge in [-0.25, -0.2) is 0 Å². The van der Waals surface area contributed by atoms with Crippen LogP contribution >= 0.6 is 0 Å². The van der Waals surface area contributed by atoms with E-state index in [1.807, 2.05) is 0 Å². The summed E-state index contributed by atoms with van der Waals surface area (Å²) < 4.78 is 5.88. The van der Waals surface area contributed by atoms with Crippen LogP contribution in [0.4, 0.5) is 0 Å². The summed E-state index contributed by atoms with van der Waals surface area (Å²) >= 11 is 0. The first-order valence-corrected chi connectivity index (χ1v) is 6.27. The van der Waals surface area contributed by atoms with Gasteiger partial charge in [-0.1, -0.05) is 13.8 Å². The van der Waals surface area contributed by atoms with E-state index in [1.165, 1.54) is 12.8 Å². The molecule has 1 aliphatic carbocycles. The fraction of sp³-hybridized carbons (Fsp3) is 0.923. The average molecular weight is 210 g/mol. The van der Waals surface area contributed by atoms with Gasteiger partial charge >= 0.3 is 0 Å². The molecule has 0 N–H and O–H groups in total. The fourth-order valence-corrected chi connectivity index (χ4v) is 3.03. The minimum atomic E-state index is -0.0548. The molecule has 1 heterocycles. The maximum atomic E-state index is 11.5. The highest BCUT2D eigenvalue weighted by molar-refractivity contribution is 5.80. The van der Waals surface area contributed by atoms with Crippen LogP contribution in [0.2, 0.25) is 0 Å². The molecule has 0 aromatic rings. The van der Waals surface area contributed by atoms with Gasteiger partial charge in [0.1, 0.15) is 5.78 Å². The Hall–Kier alpha value is -0.370. The van der Waals surface area contributed by atoms with E-state index in [1.54, 1.807) is 0 Å². The van der Waals surface area contributed by atoms with Crippen molar-refractivity contribution in [2.24, 2.45) is 11.8 Å². The lowest BCUT2D eigenvalue weighted by molar-refractivity contribution is -0.147. The van der Waals surface area contributed by atoms with E-state index in [4.69, 9.17) is 4.74 Å². The second-order valence-corrected chi connectivity index (χ2v) is 5.58. The quantitative estimate of drug-likeness (QED) is 0.665. The molecule has 0 aromatic heterocycles. The Morgan fingerprint density at radius 3 is 2.53 bits per heavy atom. The number of ketones is 1. The average Bonchev–Trinajstić information content (AvgIpc) is 2.18. The van der Waals surface area contributed by atoms with Gasteiger partial charge in [-0.2, -0.15) is 0 Å². The summed E-state index contributed by atoms with van der Waals surface area (Å²) in [6, 6.07) is 0. The van der Waals surface area contributed by atoms with Gasteiger partial charge in [0.05, 0.1) is 12.2 Å². The third-order valence-electron chi connectivity index (χ3n) is 4.19. The lowest BCUT2D eigenvalue weighted by atomic mass is 9.72. The first-order chi connectivity index (χ1) is 7.11. The summed E-state index contributed by atoms with van der Waals surface area (Å²) in [4.78, 5) is 11.5. The molecular formula is C13H22O2. The van der Waals surface area contributed by atoms with Crippen LogP contribution < -0.4 is 0 Å². The topological polar surface area (TPSA) is 26.3 Å². The summed E-state index contributed by atoms with van der Waals surface area (Å²) in [6.07, 6.45) is 5.99. The monoisotopic (exact) mass is 210 g/mol. The van der Waals surface area contributed by atoms with Crippen molar-refractivity contribution < 1.29 is 9.53 Å². The molecule has 1 saturated heterocycles. The number of hydrogen-bond donors (Lipinski definition) is 0. The minimum absolute atomic E-state index is 0.0548. The second-order valence-electron chi connectivity index (χ2n) is 5.58. The van der Waals surface area contributed by atoms with Gasteiger partial charge in [-0.15, -0.1) is 0 Å². The molecule has 1 spiro atoms. The summed E-state index contributed by atoms with van der Waals surface area (Å²) in [6.45, 7) is 5.26. The molecule has 2 aliphatic rings. The van der Waals surface area contributed by atoms with E-state index in [0.717, 1.165) is 24.7 Å². The molecule has 0 amide bonds. The van der Waals surface area contributed by atoms with Crippen LogP contribution in [0.5, 0.6) is 0 Å². The molecule has 86 valence electrons. The SMILES string of the molecule is CC(C)C1CCC2(CC1)CC(=O)CCO2. The third kappa shape index (κ3) is 2.41. The number of Topliss-reactive ketones (excluding diaryl/α,β-unsaturated/α-hetero) is 1. The predicted molar refractivity (Wildman–Crippen MR) is 59.7 cm³/mol. The van der Waals surface area contributed by atoms with Crippen LogP contribution in [0, 0.1) is 11.8 Å². The fourth-order valence-electron chi connectivity index (χ4n) is 3.03. The van der Waals surface area contributed by atoms with Gasteiger partial charge in [-0.3, -0.25) is 4.79 Å². The number of carbonyl (C=O) groups is 1. The molecule has 0 atom stereocenters. The molecule has 15 heavy (non-hydrogen) atoms. The van der Waals surface area contributed by atoms with Crippen LogP contribution in [-0.2, 0) is 9.53 Å². The van der Waals surface area contributed by atoms with Gasteiger partial charge in [0.25, 0.3) is 0 Å².